The summed E-state index contributed by atoms with van der Waals surface area (Å²) in [7, 11) is 0. The maximum Gasteiger partial charge on any atom is 0.252 e. The number of hydrogen-bond donors (Lipinski definition) is 1. The van der Waals surface area contributed by atoms with Crippen molar-refractivity contribution in [3.8, 4) is 12.1 Å². The number of carbonyl (C=O) groups is 1. The number of amides is 1. The molecular weight excluding hydrogens is 256 g/mol. The molecule has 0 spiro atoms. The fraction of sp³-hybridized carbons (Fsp3) is 0.154. The average Bonchev–Trinajstić information content (AvgIpc) is 2.96. The summed E-state index contributed by atoms with van der Waals surface area (Å²) >= 11 is 0. The van der Waals surface area contributed by atoms with Crippen LogP contribution in [-0.4, -0.2) is 20.7 Å². The normalized spacial score (nSPS) is 11.2. The van der Waals surface area contributed by atoms with E-state index in [2.05, 4.69) is 15.4 Å². The van der Waals surface area contributed by atoms with Gasteiger partial charge in [-0.25, -0.2) is 9.67 Å². The lowest BCUT2D eigenvalue weighted by atomic mass is 10.2. The topological polar surface area (TPSA) is 107 Å². The number of carbonyl (C=O) groups excluding carboxylic acids is 1. The van der Waals surface area contributed by atoms with Gasteiger partial charge in [-0.05, 0) is 31.2 Å². The second-order valence-electron chi connectivity index (χ2n) is 4.01. The lowest BCUT2D eigenvalue weighted by molar-refractivity contribution is -0.119. The lowest BCUT2D eigenvalue weighted by Crippen LogP contribution is -2.24. The zero-order valence-corrected chi connectivity index (χ0v) is 10.6. The Morgan fingerprint density at radius 2 is 2.00 bits per heavy atom. The molecule has 1 unspecified atom stereocenters. The van der Waals surface area contributed by atoms with E-state index in [1.165, 1.54) is 11.0 Å². The van der Waals surface area contributed by atoms with Gasteiger partial charge in [-0.15, -0.1) is 5.10 Å². The first-order valence-corrected chi connectivity index (χ1v) is 5.76. The molecule has 1 amide bonds. The van der Waals surface area contributed by atoms with Crippen molar-refractivity contribution in [2.24, 2.45) is 0 Å². The maximum absolute atomic E-state index is 12.0. The van der Waals surface area contributed by atoms with Gasteiger partial charge in [-0.1, -0.05) is 0 Å². The minimum absolute atomic E-state index is 0.0167. The van der Waals surface area contributed by atoms with Crippen molar-refractivity contribution in [1.29, 1.82) is 10.5 Å². The Labute approximate surface area is 115 Å². The fourth-order valence-corrected chi connectivity index (χ4v) is 1.51. The third kappa shape index (κ3) is 2.79. The third-order valence-electron chi connectivity index (χ3n) is 2.67. The van der Waals surface area contributed by atoms with Crippen molar-refractivity contribution in [2.45, 2.75) is 13.0 Å². The first kappa shape index (κ1) is 13.2. The Balaban J connectivity index is 2.07. The molecule has 0 aliphatic carbocycles. The monoisotopic (exact) mass is 266 g/mol. The van der Waals surface area contributed by atoms with Gasteiger partial charge >= 0.3 is 0 Å². The molecule has 0 radical (unpaired) electrons. The zero-order chi connectivity index (χ0) is 14.5. The van der Waals surface area contributed by atoms with E-state index < -0.39 is 6.04 Å². The van der Waals surface area contributed by atoms with E-state index in [4.69, 9.17) is 10.5 Å². The third-order valence-corrected chi connectivity index (χ3v) is 2.67. The van der Waals surface area contributed by atoms with Crippen LogP contribution >= 0.6 is 0 Å². The number of nitrogens with zero attached hydrogens (tertiary/aromatic N) is 5. The largest absolute Gasteiger partial charge is 0.324 e. The van der Waals surface area contributed by atoms with Crippen molar-refractivity contribution in [3.05, 3.63) is 42.0 Å². The number of aromatic nitrogens is 3. The van der Waals surface area contributed by atoms with Crippen LogP contribution < -0.4 is 5.32 Å². The van der Waals surface area contributed by atoms with Gasteiger partial charge in [0.25, 0.3) is 5.82 Å². The van der Waals surface area contributed by atoms with E-state index >= 15 is 0 Å². The average molecular weight is 266 g/mol. The minimum atomic E-state index is -0.597. The summed E-state index contributed by atoms with van der Waals surface area (Å²) in [5.74, 6) is -0.271. The summed E-state index contributed by atoms with van der Waals surface area (Å²) in [6, 6.07) is 9.72. The van der Waals surface area contributed by atoms with Gasteiger partial charge in [0.15, 0.2) is 0 Å². The van der Waals surface area contributed by atoms with Crippen molar-refractivity contribution in [1.82, 2.24) is 14.8 Å². The van der Waals surface area contributed by atoms with E-state index in [9.17, 15) is 4.79 Å². The molecule has 0 fully saturated rings. The van der Waals surface area contributed by atoms with Gasteiger partial charge in [0.1, 0.15) is 18.4 Å². The Morgan fingerprint density at radius 3 is 2.55 bits per heavy atom. The van der Waals surface area contributed by atoms with Crippen LogP contribution in [0.2, 0.25) is 0 Å². The van der Waals surface area contributed by atoms with Crippen molar-refractivity contribution < 1.29 is 4.79 Å². The first-order chi connectivity index (χ1) is 9.63. The van der Waals surface area contributed by atoms with Gasteiger partial charge in [-0.2, -0.15) is 10.5 Å². The molecule has 2 aromatic rings. The number of benzene rings is 1. The molecule has 20 heavy (non-hydrogen) atoms. The molecular formula is C13H10N6O. The summed E-state index contributed by atoms with van der Waals surface area (Å²) < 4.78 is 1.32. The number of nitrogens with one attached hydrogen (secondary N) is 1. The highest BCUT2D eigenvalue weighted by Gasteiger charge is 2.16. The molecule has 7 nitrogen and oxygen atoms in total. The molecule has 1 aromatic carbocycles. The molecule has 2 rings (SSSR count). The van der Waals surface area contributed by atoms with Gasteiger partial charge in [-0.3, -0.25) is 4.79 Å². The quantitative estimate of drug-likeness (QED) is 0.898. The van der Waals surface area contributed by atoms with Gasteiger partial charge < -0.3 is 5.32 Å². The van der Waals surface area contributed by atoms with Crippen molar-refractivity contribution in [2.75, 3.05) is 5.32 Å². The number of nitriles is 2. The van der Waals surface area contributed by atoms with Crippen molar-refractivity contribution in [3.63, 3.8) is 0 Å². The summed E-state index contributed by atoms with van der Waals surface area (Å²) in [5, 5.41) is 23.9. The predicted molar refractivity (Wildman–Crippen MR) is 69.2 cm³/mol. The van der Waals surface area contributed by atoms with E-state index in [0.717, 1.165) is 0 Å². The molecule has 98 valence electrons. The molecule has 1 atom stereocenters. The highest BCUT2D eigenvalue weighted by atomic mass is 16.2. The second-order valence-corrected chi connectivity index (χ2v) is 4.01. The summed E-state index contributed by atoms with van der Waals surface area (Å²) in [5.41, 5.74) is 1.10. The maximum atomic E-state index is 12.0. The van der Waals surface area contributed by atoms with Crippen LogP contribution in [0.1, 0.15) is 24.4 Å². The van der Waals surface area contributed by atoms with E-state index in [0.29, 0.717) is 11.3 Å². The summed E-state index contributed by atoms with van der Waals surface area (Å²) in [6.45, 7) is 1.65. The molecule has 1 heterocycles. The van der Waals surface area contributed by atoms with E-state index in [-0.39, 0.29) is 11.7 Å². The number of rotatable bonds is 3. The molecule has 1 aromatic heterocycles. The smallest absolute Gasteiger partial charge is 0.252 e. The molecule has 7 heteroatoms. The van der Waals surface area contributed by atoms with Crippen LogP contribution in [0.25, 0.3) is 0 Å². The second kappa shape index (κ2) is 5.63. The van der Waals surface area contributed by atoms with Crippen LogP contribution in [0.3, 0.4) is 0 Å². The Hall–Kier alpha value is -3.19. The van der Waals surface area contributed by atoms with Gasteiger partial charge in [0.2, 0.25) is 5.91 Å². The highest BCUT2D eigenvalue weighted by Crippen LogP contribution is 2.12. The SMILES string of the molecule is CC(C(=O)Nc1ccc(C#N)cc1)n1cnc(C#N)n1. The molecule has 0 bridgehead atoms. The Morgan fingerprint density at radius 1 is 1.30 bits per heavy atom. The van der Waals surface area contributed by atoms with Gasteiger partial charge in [0.05, 0.1) is 11.6 Å². The number of anilines is 1. The predicted octanol–water partition coefficient (Wildman–Crippen LogP) is 1.22. The van der Waals surface area contributed by atoms with Crippen molar-refractivity contribution >= 4 is 11.6 Å². The van der Waals surface area contributed by atoms with Crippen LogP contribution in [-0.2, 0) is 4.79 Å². The van der Waals surface area contributed by atoms with E-state index in [1.807, 2.05) is 6.07 Å². The minimum Gasteiger partial charge on any atom is -0.324 e. The fourth-order valence-electron chi connectivity index (χ4n) is 1.51. The van der Waals surface area contributed by atoms with Gasteiger partial charge in [0, 0.05) is 5.69 Å². The zero-order valence-electron chi connectivity index (χ0n) is 10.6. The van der Waals surface area contributed by atoms with Crippen LogP contribution in [0.4, 0.5) is 5.69 Å². The standard InChI is InChI=1S/C13H10N6O/c1-9(19-8-16-12(7-15)18-19)13(20)17-11-4-2-10(6-14)3-5-11/h2-5,8-9H,1H3,(H,17,20). The lowest BCUT2D eigenvalue weighted by Gasteiger charge is -2.11. The first-order valence-electron chi connectivity index (χ1n) is 5.76. The molecule has 0 saturated carbocycles. The van der Waals surface area contributed by atoms with E-state index in [1.54, 1.807) is 37.3 Å². The molecule has 0 aliphatic rings. The number of hydrogen-bond acceptors (Lipinski definition) is 5. The highest BCUT2D eigenvalue weighted by molar-refractivity contribution is 5.93. The summed E-state index contributed by atoms with van der Waals surface area (Å²) in [4.78, 5) is 15.8. The molecule has 1 N–H and O–H groups in total. The summed E-state index contributed by atoms with van der Waals surface area (Å²) in [6.07, 6.45) is 1.33. The Kier molecular flexibility index (Phi) is 3.73. The van der Waals surface area contributed by atoms with Crippen LogP contribution in [0.5, 0.6) is 0 Å². The van der Waals surface area contributed by atoms with Crippen LogP contribution in [0, 0.1) is 22.7 Å². The van der Waals surface area contributed by atoms with Crippen LogP contribution in [0.15, 0.2) is 30.6 Å². The molecule has 0 saturated heterocycles. The Bertz CT molecular complexity index is 704. The molecule has 0 aliphatic heterocycles.